The highest BCUT2D eigenvalue weighted by Gasteiger charge is 2.24. The molecule has 0 aliphatic carbocycles. The molecule has 1 aromatic carbocycles. The highest BCUT2D eigenvalue weighted by Crippen LogP contribution is 2.28. The van der Waals surface area contributed by atoms with Crippen LogP contribution in [-0.4, -0.2) is 43.2 Å². The molecule has 104 valence electrons. The zero-order valence-corrected chi connectivity index (χ0v) is 12.9. The normalized spacial score (nSPS) is 17.1. The van der Waals surface area contributed by atoms with E-state index in [4.69, 9.17) is 21.1 Å². The fourth-order valence-corrected chi connectivity index (χ4v) is 2.63. The summed E-state index contributed by atoms with van der Waals surface area (Å²) in [7, 11) is 0. The zero-order chi connectivity index (χ0) is 13.8. The molecule has 1 heterocycles. The molecule has 1 atom stereocenters. The smallest absolute Gasteiger partial charge is 0.263 e. The van der Waals surface area contributed by atoms with Gasteiger partial charge in [0.25, 0.3) is 5.91 Å². The predicted molar refractivity (Wildman–Crippen MR) is 76.6 cm³/mol. The van der Waals surface area contributed by atoms with E-state index in [1.165, 1.54) is 0 Å². The molecule has 1 saturated heterocycles. The molecule has 1 fully saturated rings. The Balaban J connectivity index is 1.99. The lowest BCUT2D eigenvalue weighted by Crippen LogP contribution is -2.46. The SMILES string of the molecule is CC(Oc1ccc(Cl)cc1Br)C(=O)N1CCOCC1. The Morgan fingerprint density at radius 3 is 2.79 bits per heavy atom. The quantitative estimate of drug-likeness (QED) is 0.843. The number of benzene rings is 1. The van der Waals surface area contributed by atoms with Gasteiger partial charge < -0.3 is 14.4 Å². The van der Waals surface area contributed by atoms with Gasteiger partial charge >= 0.3 is 0 Å². The lowest BCUT2D eigenvalue weighted by atomic mass is 10.3. The van der Waals surface area contributed by atoms with Crippen molar-refractivity contribution < 1.29 is 14.3 Å². The van der Waals surface area contributed by atoms with Crippen molar-refractivity contribution in [2.45, 2.75) is 13.0 Å². The van der Waals surface area contributed by atoms with Crippen LogP contribution in [0.2, 0.25) is 5.02 Å². The summed E-state index contributed by atoms with van der Waals surface area (Å²) in [5, 5.41) is 0.617. The lowest BCUT2D eigenvalue weighted by molar-refractivity contribution is -0.142. The van der Waals surface area contributed by atoms with Crippen molar-refractivity contribution in [2.75, 3.05) is 26.3 Å². The van der Waals surface area contributed by atoms with Crippen LogP contribution in [0.1, 0.15) is 6.92 Å². The average Bonchev–Trinajstić information content (AvgIpc) is 2.42. The fourth-order valence-electron chi connectivity index (χ4n) is 1.85. The Kier molecular flexibility index (Phi) is 5.07. The first-order valence-electron chi connectivity index (χ1n) is 6.06. The Hall–Kier alpha value is -0.780. The number of carbonyl (C=O) groups is 1. The topological polar surface area (TPSA) is 38.8 Å². The molecule has 1 aliphatic heterocycles. The van der Waals surface area contributed by atoms with E-state index in [1.54, 1.807) is 30.0 Å². The number of morpholine rings is 1. The van der Waals surface area contributed by atoms with Crippen LogP contribution in [0, 0.1) is 0 Å². The largest absolute Gasteiger partial charge is 0.480 e. The highest BCUT2D eigenvalue weighted by atomic mass is 79.9. The van der Waals surface area contributed by atoms with Gasteiger partial charge in [-0.1, -0.05) is 11.6 Å². The summed E-state index contributed by atoms with van der Waals surface area (Å²) in [5.41, 5.74) is 0. The molecule has 1 amide bonds. The first-order chi connectivity index (χ1) is 9.08. The minimum absolute atomic E-state index is 0.0230. The summed E-state index contributed by atoms with van der Waals surface area (Å²) >= 11 is 9.23. The Morgan fingerprint density at radius 2 is 2.16 bits per heavy atom. The van der Waals surface area contributed by atoms with Gasteiger partial charge in [-0.25, -0.2) is 0 Å². The number of ether oxygens (including phenoxy) is 2. The van der Waals surface area contributed by atoms with Gasteiger partial charge in [-0.2, -0.15) is 0 Å². The van der Waals surface area contributed by atoms with Crippen LogP contribution in [0.25, 0.3) is 0 Å². The van der Waals surface area contributed by atoms with Crippen LogP contribution in [0.4, 0.5) is 0 Å². The van der Waals surface area contributed by atoms with Crippen LogP contribution >= 0.6 is 27.5 Å². The van der Waals surface area contributed by atoms with Gasteiger partial charge in [-0.3, -0.25) is 4.79 Å². The number of rotatable bonds is 3. The van der Waals surface area contributed by atoms with E-state index < -0.39 is 6.10 Å². The van der Waals surface area contributed by atoms with Crippen molar-refractivity contribution in [1.29, 1.82) is 0 Å². The second kappa shape index (κ2) is 6.59. The minimum Gasteiger partial charge on any atom is -0.480 e. The van der Waals surface area contributed by atoms with Gasteiger partial charge in [0.15, 0.2) is 6.10 Å². The summed E-state index contributed by atoms with van der Waals surface area (Å²) in [6, 6.07) is 5.21. The van der Waals surface area contributed by atoms with Crippen molar-refractivity contribution in [3.8, 4) is 5.75 Å². The van der Waals surface area contributed by atoms with Crippen LogP contribution < -0.4 is 4.74 Å². The number of nitrogens with zero attached hydrogens (tertiary/aromatic N) is 1. The summed E-state index contributed by atoms with van der Waals surface area (Å²) in [6.45, 7) is 4.16. The van der Waals surface area contributed by atoms with Gasteiger partial charge in [0.05, 0.1) is 17.7 Å². The summed E-state index contributed by atoms with van der Waals surface area (Å²) in [5.74, 6) is 0.587. The molecule has 6 heteroatoms. The Bertz CT molecular complexity index is 463. The van der Waals surface area contributed by atoms with E-state index in [-0.39, 0.29) is 5.91 Å². The number of amides is 1. The summed E-state index contributed by atoms with van der Waals surface area (Å²) < 4.78 is 11.6. The first-order valence-corrected chi connectivity index (χ1v) is 7.23. The third-order valence-electron chi connectivity index (χ3n) is 2.87. The number of halogens is 2. The van der Waals surface area contributed by atoms with E-state index in [0.717, 1.165) is 4.47 Å². The van der Waals surface area contributed by atoms with Gasteiger partial charge in [0, 0.05) is 18.1 Å². The summed E-state index contributed by atoms with van der Waals surface area (Å²) in [6.07, 6.45) is -0.532. The first kappa shape index (κ1) is 14.6. The van der Waals surface area contributed by atoms with Crippen LogP contribution in [0.15, 0.2) is 22.7 Å². The third kappa shape index (κ3) is 3.84. The molecule has 1 unspecified atom stereocenters. The maximum atomic E-state index is 12.2. The zero-order valence-electron chi connectivity index (χ0n) is 10.6. The van der Waals surface area contributed by atoms with Crippen molar-refractivity contribution in [3.63, 3.8) is 0 Å². The van der Waals surface area contributed by atoms with Crippen molar-refractivity contribution in [3.05, 3.63) is 27.7 Å². The Morgan fingerprint density at radius 1 is 1.47 bits per heavy atom. The molecule has 0 aromatic heterocycles. The standard InChI is InChI=1S/C13H15BrClNO3/c1-9(13(17)16-4-6-18-7-5-16)19-12-3-2-10(15)8-11(12)14/h2-3,8-9H,4-7H2,1H3. The minimum atomic E-state index is -0.532. The third-order valence-corrected chi connectivity index (χ3v) is 3.72. The monoisotopic (exact) mass is 347 g/mol. The molecule has 0 bridgehead atoms. The average molecular weight is 349 g/mol. The van der Waals surface area contributed by atoms with Gasteiger partial charge in [-0.05, 0) is 41.1 Å². The van der Waals surface area contributed by atoms with Crippen LogP contribution in [0.5, 0.6) is 5.75 Å². The second-order valence-electron chi connectivity index (χ2n) is 4.27. The molecule has 0 spiro atoms. The molecule has 4 nitrogen and oxygen atoms in total. The van der Waals surface area contributed by atoms with E-state index in [0.29, 0.717) is 37.1 Å². The Labute approximate surface area is 125 Å². The van der Waals surface area contributed by atoms with E-state index in [2.05, 4.69) is 15.9 Å². The molecule has 2 rings (SSSR count). The molecular formula is C13H15BrClNO3. The van der Waals surface area contributed by atoms with Crippen molar-refractivity contribution >= 4 is 33.4 Å². The van der Waals surface area contributed by atoms with E-state index in [1.807, 2.05) is 0 Å². The van der Waals surface area contributed by atoms with Crippen molar-refractivity contribution in [1.82, 2.24) is 4.90 Å². The number of hydrogen-bond donors (Lipinski definition) is 0. The maximum Gasteiger partial charge on any atom is 0.263 e. The molecule has 19 heavy (non-hydrogen) atoms. The van der Waals surface area contributed by atoms with Gasteiger partial charge in [-0.15, -0.1) is 0 Å². The molecule has 0 radical (unpaired) electrons. The molecular weight excluding hydrogens is 334 g/mol. The van der Waals surface area contributed by atoms with E-state index in [9.17, 15) is 4.79 Å². The van der Waals surface area contributed by atoms with E-state index >= 15 is 0 Å². The van der Waals surface area contributed by atoms with Gasteiger partial charge in [0.1, 0.15) is 5.75 Å². The number of hydrogen-bond acceptors (Lipinski definition) is 3. The molecule has 1 aliphatic rings. The molecule has 0 saturated carbocycles. The fraction of sp³-hybridized carbons (Fsp3) is 0.462. The highest BCUT2D eigenvalue weighted by molar-refractivity contribution is 9.10. The molecule has 0 N–H and O–H groups in total. The number of carbonyl (C=O) groups excluding carboxylic acids is 1. The second-order valence-corrected chi connectivity index (χ2v) is 5.56. The molecule has 1 aromatic rings. The van der Waals surface area contributed by atoms with Crippen LogP contribution in [0.3, 0.4) is 0 Å². The lowest BCUT2D eigenvalue weighted by Gasteiger charge is -2.29. The van der Waals surface area contributed by atoms with Gasteiger partial charge in [0.2, 0.25) is 0 Å². The maximum absolute atomic E-state index is 12.2. The van der Waals surface area contributed by atoms with Crippen molar-refractivity contribution in [2.24, 2.45) is 0 Å². The summed E-state index contributed by atoms with van der Waals surface area (Å²) in [4.78, 5) is 13.9. The predicted octanol–water partition coefficient (Wildman–Crippen LogP) is 2.73. The van der Waals surface area contributed by atoms with Crippen LogP contribution in [-0.2, 0) is 9.53 Å².